The minimum atomic E-state index is -3.43. The van der Waals surface area contributed by atoms with Gasteiger partial charge in [-0.3, -0.25) is 30.0 Å². The second-order valence-electron chi connectivity index (χ2n) is 7.41. The van der Waals surface area contributed by atoms with E-state index in [9.17, 15) is 0 Å². The lowest BCUT2D eigenvalue weighted by Gasteiger charge is -2.30. The molecule has 0 radical (unpaired) electrons. The Labute approximate surface area is 170 Å². The van der Waals surface area contributed by atoms with E-state index in [1.54, 1.807) is 0 Å². The molecule has 1 aromatic rings. The van der Waals surface area contributed by atoms with E-state index in [2.05, 4.69) is 16.4 Å². The molecule has 0 amide bonds. The third-order valence-corrected chi connectivity index (χ3v) is 6.55. The minimum absolute atomic E-state index is 0.812. The van der Waals surface area contributed by atoms with Crippen LogP contribution in [0, 0.1) is 0 Å². The first-order chi connectivity index (χ1) is 13.1. The topological polar surface area (TPSA) is 63.8 Å². The number of benzene rings is 1. The van der Waals surface area contributed by atoms with Gasteiger partial charge in [0.25, 0.3) is 0 Å². The van der Waals surface area contributed by atoms with Crippen LogP contribution in [0.25, 0.3) is 0 Å². The van der Waals surface area contributed by atoms with Crippen LogP contribution < -0.4 is 21.6 Å². The second-order valence-corrected chi connectivity index (χ2v) is 9.71. The quantitative estimate of drug-likeness (QED) is 0.398. The summed E-state index contributed by atoms with van der Waals surface area (Å²) in [5, 5.41) is 0.812. The van der Waals surface area contributed by atoms with Gasteiger partial charge in [-0.05, 0) is 62.3 Å². The Hall–Kier alpha value is -2.06. The first-order valence-electron chi connectivity index (χ1n) is 9.39. The van der Waals surface area contributed by atoms with E-state index in [0.717, 1.165) is 39.0 Å². The van der Waals surface area contributed by atoms with Crippen LogP contribution in [0.3, 0.4) is 0 Å². The standard InChI is InChI=1S/C21H35N3O3Si/c1-15(2)18(7)22-25-28(21-13-11-10-12-14-21,26-23-19(8)16(3)4)27-24-20(9)17(5)6/h10-14,22-24H,1-9H3. The van der Waals surface area contributed by atoms with Crippen LogP contribution in [0.1, 0.15) is 62.3 Å². The summed E-state index contributed by atoms with van der Waals surface area (Å²) in [7, 11) is -3.43. The molecule has 0 aliphatic heterocycles. The van der Waals surface area contributed by atoms with Gasteiger partial charge in [0.2, 0.25) is 0 Å². The molecule has 0 heterocycles. The van der Waals surface area contributed by atoms with Crippen molar-refractivity contribution < 1.29 is 13.6 Å². The lowest BCUT2D eigenvalue weighted by atomic mass is 10.3. The molecule has 3 N–H and O–H groups in total. The highest BCUT2D eigenvalue weighted by molar-refractivity contribution is 6.75. The van der Waals surface area contributed by atoms with Gasteiger partial charge in [0.1, 0.15) is 0 Å². The van der Waals surface area contributed by atoms with Gasteiger partial charge < -0.3 is 0 Å². The number of hydroxylamine groups is 3. The molecule has 0 saturated carbocycles. The summed E-state index contributed by atoms with van der Waals surface area (Å²) in [4.78, 5) is 0. The van der Waals surface area contributed by atoms with Crippen molar-refractivity contribution in [2.24, 2.45) is 0 Å². The van der Waals surface area contributed by atoms with Crippen molar-refractivity contribution in [1.29, 1.82) is 0 Å². The second kappa shape index (κ2) is 11.1. The van der Waals surface area contributed by atoms with E-state index >= 15 is 0 Å². The zero-order chi connectivity index (χ0) is 21.3. The lowest BCUT2D eigenvalue weighted by molar-refractivity contribution is -0.00493. The molecule has 28 heavy (non-hydrogen) atoms. The van der Waals surface area contributed by atoms with Crippen molar-refractivity contribution in [2.75, 3.05) is 0 Å². The van der Waals surface area contributed by atoms with E-state index < -0.39 is 8.80 Å². The highest BCUT2D eigenvalue weighted by atomic mass is 28.4. The van der Waals surface area contributed by atoms with Crippen molar-refractivity contribution in [3.05, 3.63) is 64.1 Å². The molecule has 0 saturated heterocycles. The smallest absolute Gasteiger partial charge is 0.278 e. The highest BCUT2D eigenvalue weighted by Gasteiger charge is 2.48. The van der Waals surface area contributed by atoms with Crippen molar-refractivity contribution in [3.8, 4) is 0 Å². The molecule has 156 valence electrons. The van der Waals surface area contributed by atoms with Crippen LogP contribution in [0.5, 0.6) is 0 Å². The summed E-state index contributed by atoms with van der Waals surface area (Å²) < 4.78 is 18.3. The van der Waals surface area contributed by atoms with Crippen molar-refractivity contribution in [1.82, 2.24) is 16.4 Å². The third kappa shape index (κ3) is 7.16. The Morgan fingerprint density at radius 2 is 0.893 bits per heavy atom. The average molecular weight is 406 g/mol. The zero-order valence-corrected chi connectivity index (χ0v) is 19.6. The van der Waals surface area contributed by atoms with E-state index in [-0.39, 0.29) is 0 Å². The van der Waals surface area contributed by atoms with Crippen LogP contribution in [-0.2, 0) is 13.6 Å². The zero-order valence-electron chi connectivity index (χ0n) is 18.6. The summed E-state index contributed by atoms with van der Waals surface area (Å²) in [6.45, 7) is 17.9. The molecule has 1 rings (SSSR count). The summed E-state index contributed by atoms with van der Waals surface area (Å²) in [6.07, 6.45) is 0. The predicted octanol–water partition coefficient (Wildman–Crippen LogP) is 4.34. The number of rotatable bonds is 10. The van der Waals surface area contributed by atoms with Gasteiger partial charge in [-0.2, -0.15) is 0 Å². The first kappa shape index (κ1) is 24.0. The molecule has 0 aliphatic carbocycles. The maximum atomic E-state index is 6.12. The summed E-state index contributed by atoms with van der Waals surface area (Å²) in [5.74, 6) is 0. The van der Waals surface area contributed by atoms with Crippen LogP contribution >= 0.6 is 0 Å². The Morgan fingerprint density at radius 3 is 1.18 bits per heavy atom. The monoisotopic (exact) mass is 405 g/mol. The number of hydrogen-bond acceptors (Lipinski definition) is 6. The SMILES string of the molecule is CC(C)=C(C)NO[Si](ONC(C)=C(C)C)(ONC(C)=C(C)C)c1ccccc1. The average Bonchev–Trinajstić information content (AvgIpc) is 2.67. The largest absolute Gasteiger partial charge is 0.603 e. The lowest BCUT2D eigenvalue weighted by Crippen LogP contribution is -2.63. The van der Waals surface area contributed by atoms with Gasteiger partial charge >= 0.3 is 8.80 Å². The van der Waals surface area contributed by atoms with Crippen molar-refractivity contribution in [3.63, 3.8) is 0 Å². The maximum absolute atomic E-state index is 6.12. The fraction of sp³-hybridized carbons (Fsp3) is 0.429. The Morgan fingerprint density at radius 1 is 0.571 bits per heavy atom. The van der Waals surface area contributed by atoms with Gasteiger partial charge in [-0.25, -0.2) is 0 Å². The van der Waals surface area contributed by atoms with Gasteiger partial charge in [-0.1, -0.05) is 47.1 Å². The summed E-state index contributed by atoms with van der Waals surface area (Å²) in [6, 6.07) is 9.68. The minimum Gasteiger partial charge on any atom is -0.278 e. The van der Waals surface area contributed by atoms with E-state index in [4.69, 9.17) is 13.6 Å². The van der Waals surface area contributed by atoms with Crippen LogP contribution in [0.4, 0.5) is 0 Å². The molecule has 0 bridgehead atoms. The van der Waals surface area contributed by atoms with Gasteiger partial charge in [0.15, 0.2) is 0 Å². The van der Waals surface area contributed by atoms with Crippen molar-refractivity contribution >= 4 is 14.0 Å². The maximum Gasteiger partial charge on any atom is 0.603 e. The fourth-order valence-corrected chi connectivity index (χ4v) is 3.56. The third-order valence-electron chi connectivity index (χ3n) is 4.39. The molecule has 0 spiro atoms. The summed E-state index contributed by atoms with van der Waals surface area (Å²) in [5.41, 5.74) is 15.0. The fourth-order valence-electron chi connectivity index (χ4n) is 1.62. The van der Waals surface area contributed by atoms with Crippen molar-refractivity contribution in [2.45, 2.75) is 62.3 Å². The van der Waals surface area contributed by atoms with Crippen LogP contribution in [-0.4, -0.2) is 8.80 Å². The van der Waals surface area contributed by atoms with Crippen LogP contribution in [0.2, 0.25) is 0 Å². The molecule has 7 heteroatoms. The van der Waals surface area contributed by atoms with E-state index in [1.807, 2.05) is 92.6 Å². The molecule has 0 aromatic heterocycles. The Balaban J connectivity index is 3.32. The molecule has 0 unspecified atom stereocenters. The Kier molecular flexibility index (Phi) is 9.47. The molecular formula is C21H35N3O3Si. The van der Waals surface area contributed by atoms with Gasteiger partial charge in [0.05, 0.1) is 0 Å². The molecular weight excluding hydrogens is 370 g/mol. The number of allylic oxidation sites excluding steroid dienone is 6. The first-order valence-corrected chi connectivity index (χ1v) is 11.1. The number of nitrogens with one attached hydrogen (secondary N) is 3. The highest BCUT2D eigenvalue weighted by Crippen LogP contribution is 2.12. The number of hydrogen-bond donors (Lipinski definition) is 3. The normalized spacial score (nSPS) is 10.8. The molecule has 1 aromatic carbocycles. The summed E-state index contributed by atoms with van der Waals surface area (Å²) >= 11 is 0. The van der Waals surface area contributed by atoms with Gasteiger partial charge in [-0.15, -0.1) is 0 Å². The van der Waals surface area contributed by atoms with E-state index in [0.29, 0.717) is 0 Å². The van der Waals surface area contributed by atoms with Gasteiger partial charge in [0, 0.05) is 22.3 Å². The molecule has 0 aliphatic rings. The molecule has 0 atom stereocenters. The predicted molar refractivity (Wildman–Crippen MR) is 117 cm³/mol. The Bertz CT molecular complexity index is 661. The van der Waals surface area contributed by atoms with Crippen LogP contribution in [0.15, 0.2) is 64.1 Å². The molecule has 0 fully saturated rings. The molecule has 6 nitrogen and oxygen atoms in total. The van der Waals surface area contributed by atoms with E-state index in [1.165, 1.54) is 0 Å².